The quantitative estimate of drug-likeness (QED) is 0.403. The van der Waals surface area contributed by atoms with Crippen molar-refractivity contribution in [2.24, 2.45) is 5.16 Å². The number of oxime groups is 1. The van der Waals surface area contributed by atoms with Crippen LogP contribution in [0.4, 0.5) is 0 Å². The summed E-state index contributed by atoms with van der Waals surface area (Å²) in [7, 11) is 1.47. The molecule has 1 radical (unpaired) electrons. The van der Waals surface area contributed by atoms with Crippen LogP contribution in [0.2, 0.25) is 0 Å². The van der Waals surface area contributed by atoms with Crippen molar-refractivity contribution >= 4 is 6.21 Å². The number of tetrazole rings is 1. The van der Waals surface area contributed by atoms with Gasteiger partial charge in [0.15, 0.2) is 0 Å². The van der Waals surface area contributed by atoms with E-state index in [-0.39, 0.29) is 0 Å². The van der Waals surface area contributed by atoms with Crippen LogP contribution in [0.25, 0.3) is 0 Å². The minimum Gasteiger partial charge on any atom is -0.399 e. The van der Waals surface area contributed by atoms with Gasteiger partial charge in [-0.3, -0.25) is 0 Å². The first kappa shape index (κ1) is 6.66. The van der Waals surface area contributed by atoms with E-state index in [1.807, 2.05) is 0 Å². The van der Waals surface area contributed by atoms with Gasteiger partial charge in [0.25, 0.3) is 0 Å². The average Bonchev–Trinajstić information content (AvgIpc) is 2.41. The highest BCUT2D eigenvalue weighted by Crippen LogP contribution is 1.72. The van der Waals surface area contributed by atoms with Crippen LogP contribution in [0.5, 0.6) is 0 Å². The SMILES string of the molecule is CO/N=C/Cn1[c]nnn1. The Morgan fingerprint density at radius 2 is 2.70 bits per heavy atom. The molecule has 1 rings (SSSR count). The van der Waals surface area contributed by atoms with E-state index in [0.29, 0.717) is 6.54 Å². The molecule has 6 nitrogen and oxygen atoms in total. The normalized spacial score (nSPS) is 10.5. The largest absolute Gasteiger partial charge is 0.399 e. The van der Waals surface area contributed by atoms with Crippen LogP contribution in [0.15, 0.2) is 5.16 Å². The van der Waals surface area contributed by atoms with Gasteiger partial charge in [0.1, 0.15) is 7.11 Å². The molecule has 10 heavy (non-hydrogen) atoms. The molecule has 0 amide bonds. The van der Waals surface area contributed by atoms with Crippen molar-refractivity contribution in [1.29, 1.82) is 0 Å². The van der Waals surface area contributed by atoms with Crippen LogP contribution in [0.1, 0.15) is 0 Å². The Hall–Kier alpha value is -1.46. The number of hydrogen-bond donors (Lipinski definition) is 0. The van der Waals surface area contributed by atoms with Gasteiger partial charge >= 0.3 is 0 Å². The monoisotopic (exact) mass is 140 g/mol. The van der Waals surface area contributed by atoms with Crippen LogP contribution in [0.3, 0.4) is 0 Å². The Morgan fingerprint density at radius 1 is 1.80 bits per heavy atom. The van der Waals surface area contributed by atoms with Crippen molar-refractivity contribution in [2.75, 3.05) is 7.11 Å². The minimum absolute atomic E-state index is 0.473. The number of hydrogen-bond acceptors (Lipinski definition) is 5. The lowest BCUT2D eigenvalue weighted by Crippen LogP contribution is -1.99. The second kappa shape index (κ2) is 3.54. The molecular formula is C4H6N5O. The van der Waals surface area contributed by atoms with Crippen molar-refractivity contribution in [3.8, 4) is 0 Å². The zero-order chi connectivity index (χ0) is 7.23. The van der Waals surface area contributed by atoms with Gasteiger partial charge < -0.3 is 4.84 Å². The maximum atomic E-state index is 4.41. The molecule has 0 saturated carbocycles. The predicted molar refractivity (Wildman–Crippen MR) is 32.2 cm³/mol. The topological polar surface area (TPSA) is 65.2 Å². The van der Waals surface area contributed by atoms with Crippen LogP contribution in [-0.2, 0) is 11.4 Å². The second-order valence-corrected chi connectivity index (χ2v) is 1.43. The lowest BCUT2D eigenvalue weighted by molar-refractivity contribution is 0.214. The summed E-state index contributed by atoms with van der Waals surface area (Å²) in [4.78, 5) is 4.41. The number of rotatable bonds is 3. The average molecular weight is 140 g/mol. The smallest absolute Gasteiger partial charge is 0.221 e. The van der Waals surface area contributed by atoms with Crippen LogP contribution in [-0.4, -0.2) is 33.5 Å². The fraction of sp³-hybridized carbons (Fsp3) is 0.500. The first-order chi connectivity index (χ1) is 4.93. The van der Waals surface area contributed by atoms with Gasteiger partial charge in [-0.1, -0.05) is 5.16 Å². The number of aromatic nitrogens is 4. The Balaban J connectivity index is 2.34. The highest BCUT2D eigenvalue weighted by atomic mass is 16.6. The van der Waals surface area contributed by atoms with E-state index in [1.165, 1.54) is 18.0 Å². The Kier molecular flexibility index (Phi) is 2.36. The molecule has 0 N–H and O–H groups in total. The summed E-state index contributed by atoms with van der Waals surface area (Å²) >= 11 is 0. The molecule has 0 atom stereocenters. The Labute approximate surface area is 57.5 Å². The van der Waals surface area contributed by atoms with E-state index < -0.39 is 0 Å². The van der Waals surface area contributed by atoms with Crippen molar-refractivity contribution in [3.63, 3.8) is 0 Å². The molecule has 0 spiro atoms. The van der Waals surface area contributed by atoms with E-state index >= 15 is 0 Å². The van der Waals surface area contributed by atoms with Crippen molar-refractivity contribution in [1.82, 2.24) is 20.2 Å². The van der Waals surface area contributed by atoms with Crippen molar-refractivity contribution in [3.05, 3.63) is 6.33 Å². The summed E-state index contributed by atoms with van der Waals surface area (Å²) in [6.45, 7) is 0.473. The van der Waals surface area contributed by atoms with Crippen LogP contribution < -0.4 is 0 Å². The molecule has 0 aliphatic heterocycles. The highest BCUT2D eigenvalue weighted by Gasteiger charge is 1.87. The summed E-state index contributed by atoms with van der Waals surface area (Å²) < 4.78 is 1.41. The lowest BCUT2D eigenvalue weighted by atomic mass is 10.7. The van der Waals surface area contributed by atoms with Gasteiger partial charge in [-0.05, 0) is 10.4 Å². The van der Waals surface area contributed by atoms with Gasteiger partial charge in [-0.15, -0.1) is 5.10 Å². The van der Waals surface area contributed by atoms with E-state index in [4.69, 9.17) is 0 Å². The molecule has 0 aromatic carbocycles. The first-order valence-electron chi connectivity index (χ1n) is 2.62. The van der Waals surface area contributed by atoms with Gasteiger partial charge in [0.2, 0.25) is 6.33 Å². The van der Waals surface area contributed by atoms with Crippen molar-refractivity contribution < 1.29 is 4.84 Å². The zero-order valence-electron chi connectivity index (χ0n) is 5.43. The fourth-order valence-corrected chi connectivity index (χ4v) is 0.422. The Bertz CT molecular complexity index is 193. The Morgan fingerprint density at radius 3 is 3.30 bits per heavy atom. The fourth-order valence-electron chi connectivity index (χ4n) is 0.422. The molecule has 1 aromatic heterocycles. The molecular weight excluding hydrogens is 134 g/mol. The van der Waals surface area contributed by atoms with Crippen molar-refractivity contribution in [2.45, 2.75) is 6.54 Å². The molecule has 1 heterocycles. The molecule has 6 heteroatoms. The number of nitrogens with zero attached hydrogens (tertiary/aromatic N) is 5. The second-order valence-electron chi connectivity index (χ2n) is 1.43. The summed E-state index contributed by atoms with van der Waals surface area (Å²) in [6, 6.07) is 0. The van der Waals surface area contributed by atoms with E-state index in [2.05, 4.69) is 31.8 Å². The summed E-state index contributed by atoms with van der Waals surface area (Å²) in [6.07, 6.45) is 4.03. The third-order valence-corrected chi connectivity index (χ3v) is 0.787. The molecule has 0 aliphatic rings. The molecule has 0 saturated heterocycles. The van der Waals surface area contributed by atoms with Gasteiger partial charge in [0, 0.05) is 0 Å². The highest BCUT2D eigenvalue weighted by molar-refractivity contribution is 5.55. The summed E-state index contributed by atoms with van der Waals surface area (Å²) in [5, 5.41) is 13.7. The van der Waals surface area contributed by atoms with Gasteiger partial charge in [0.05, 0.1) is 12.8 Å². The van der Waals surface area contributed by atoms with Crippen LogP contribution in [0, 0.1) is 6.33 Å². The summed E-state index contributed by atoms with van der Waals surface area (Å²) in [5.74, 6) is 0. The zero-order valence-corrected chi connectivity index (χ0v) is 5.43. The van der Waals surface area contributed by atoms with Gasteiger partial charge in [-0.25, -0.2) is 4.68 Å². The molecule has 0 aliphatic carbocycles. The standard InChI is InChI=1S/C4H6N5O/c1-10-6-2-3-9-4-5-7-8-9/h2H,3H2,1H3/b6-2+. The van der Waals surface area contributed by atoms with E-state index in [9.17, 15) is 0 Å². The predicted octanol–water partition coefficient (Wildman–Crippen LogP) is -0.895. The third-order valence-electron chi connectivity index (χ3n) is 0.787. The third kappa shape index (κ3) is 1.81. The molecule has 53 valence electrons. The molecule has 0 unspecified atom stereocenters. The maximum absolute atomic E-state index is 4.41. The van der Waals surface area contributed by atoms with E-state index in [1.54, 1.807) is 0 Å². The van der Waals surface area contributed by atoms with Crippen LogP contribution >= 0.6 is 0 Å². The minimum atomic E-state index is 0.473. The maximum Gasteiger partial charge on any atom is 0.221 e. The molecule has 0 bridgehead atoms. The molecule has 1 aromatic rings. The molecule has 0 fully saturated rings. The van der Waals surface area contributed by atoms with Gasteiger partial charge in [-0.2, -0.15) is 0 Å². The summed E-state index contributed by atoms with van der Waals surface area (Å²) in [5.41, 5.74) is 0. The first-order valence-corrected chi connectivity index (χ1v) is 2.62. The van der Waals surface area contributed by atoms with E-state index in [0.717, 1.165) is 0 Å². The lowest BCUT2D eigenvalue weighted by Gasteiger charge is -1.87.